The standard InChI is InChI=1S/C14H16N6O/c15-11(14(21)17-7-13-18-8-19-20-13)5-9-6-16-12-4-2-1-3-10(9)12/h1-4,6,8,11,16H,5,7,15H2,(H,17,21)(H,18,19,20)/t11-/m1/s1. The van der Waals surface area contributed by atoms with Crippen LogP contribution in [0.4, 0.5) is 0 Å². The first kappa shape index (κ1) is 13.3. The molecule has 1 amide bonds. The maximum atomic E-state index is 12.0. The van der Waals surface area contributed by atoms with E-state index in [-0.39, 0.29) is 5.91 Å². The third-order valence-corrected chi connectivity index (χ3v) is 3.35. The number of nitrogens with one attached hydrogen (secondary N) is 3. The molecule has 2 heterocycles. The summed E-state index contributed by atoms with van der Waals surface area (Å²) < 4.78 is 0. The van der Waals surface area contributed by atoms with E-state index >= 15 is 0 Å². The van der Waals surface area contributed by atoms with Crippen LogP contribution in [0.5, 0.6) is 0 Å². The summed E-state index contributed by atoms with van der Waals surface area (Å²) in [6.45, 7) is 0.292. The van der Waals surface area contributed by atoms with Crippen LogP contribution >= 0.6 is 0 Å². The number of carbonyl (C=O) groups excluding carboxylic acids is 1. The van der Waals surface area contributed by atoms with Gasteiger partial charge in [-0.3, -0.25) is 9.89 Å². The van der Waals surface area contributed by atoms with E-state index < -0.39 is 6.04 Å². The third kappa shape index (κ3) is 2.92. The fourth-order valence-electron chi connectivity index (χ4n) is 2.25. The van der Waals surface area contributed by atoms with Crippen molar-refractivity contribution in [2.45, 2.75) is 19.0 Å². The summed E-state index contributed by atoms with van der Waals surface area (Å²) in [5.74, 6) is 0.388. The average Bonchev–Trinajstić information content (AvgIpc) is 3.15. The minimum atomic E-state index is -0.605. The zero-order valence-corrected chi connectivity index (χ0v) is 11.3. The van der Waals surface area contributed by atoms with Gasteiger partial charge in [-0.1, -0.05) is 18.2 Å². The monoisotopic (exact) mass is 284 g/mol. The predicted molar refractivity (Wildman–Crippen MR) is 78.2 cm³/mol. The van der Waals surface area contributed by atoms with Gasteiger partial charge in [0.05, 0.1) is 12.6 Å². The van der Waals surface area contributed by atoms with Crippen LogP contribution in [0.3, 0.4) is 0 Å². The van der Waals surface area contributed by atoms with Gasteiger partial charge < -0.3 is 16.0 Å². The van der Waals surface area contributed by atoms with Crippen molar-refractivity contribution in [1.82, 2.24) is 25.5 Å². The van der Waals surface area contributed by atoms with Gasteiger partial charge >= 0.3 is 0 Å². The second-order valence-corrected chi connectivity index (χ2v) is 4.82. The molecular weight excluding hydrogens is 268 g/mol. The number of carbonyl (C=O) groups is 1. The van der Waals surface area contributed by atoms with Crippen LogP contribution in [0.1, 0.15) is 11.4 Å². The van der Waals surface area contributed by atoms with Crippen LogP contribution in [0, 0.1) is 0 Å². The summed E-state index contributed by atoms with van der Waals surface area (Å²) in [6, 6.07) is 7.34. The Morgan fingerprint density at radius 1 is 1.38 bits per heavy atom. The quantitative estimate of drug-likeness (QED) is 0.545. The lowest BCUT2D eigenvalue weighted by atomic mass is 10.1. The van der Waals surface area contributed by atoms with E-state index in [2.05, 4.69) is 25.5 Å². The van der Waals surface area contributed by atoms with Gasteiger partial charge in [0.2, 0.25) is 5.91 Å². The third-order valence-electron chi connectivity index (χ3n) is 3.35. The number of hydrogen-bond donors (Lipinski definition) is 4. The first-order valence-corrected chi connectivity index (χ1v) is 6.66. The summed E-state index contributed by atoms with van der Waals surface area (Å²) in [5.41, 5.74) is 8.05. The average molecular weight is 284 g/mol. The number of rotatable bonds is 5. The molecule has 0 radical (unpaired) electrons. The molecule has 0 aliphatic rings. The summed E-state index contributed by atoms with van der Waals surface area (Å²) in [5, 5.41) is 10.2. The smallest absolute Gasteiger partial charge is 0.237 e. The largest absolute Gasteiger partial charge is 0.361 e. The Labute approximate surface area is 121 Å². The lowest BCUT2D eigenvalue weighted by molar-refractivity contribution is -0.122. The highest BCUT2D eigenvalue weighted by Crippen LogP contribution is 2.18. The zero-order valence-electron chi connectivity index (χ0n) is 11.3. The highest BCUT2D eigenvalue weighted by atomic mass is 16.2. The number of benzene rings is 1. The molecule has 21 heavy (non-hydrogen) atoms. The molecule has 0 saturated heterocycles. The number of amides is 1. The topological polar surface area (TPSA) is 112 Å². The lowest BCUT2D eigenvalue weighted by Crippen LogP contribution is -2.41. The number of nitrogens with two attached hydrogens (primary N) is 1. The van der Waals surface area contributed by atoms with Crippen molar-refractivity contribution in [2.75, 3.05) is 0 Å². The van der Waals surface area contributed by atoms with Crippen molar-refractivity contribution in [3.05, 3.63) is 48.2 Å². The molecule has 0 aliphatic carbocycles. The molecule has 5 N–H and O–H groups in total. The number of aromatic nitrogens is 4. The second-order valence-electron chi connectivity index (χ2n) is 4.82. The second kappa shape index (κ2) is 5.76. The molecule has 2 aromatic heterocycles. The van der Waals surface area contributed by atoms with Crippen molar-refractivity contribution in [3.8, 4) is 0 Å². The van der Waals surface area contributed by atoms with Crippen LogP contribution in [-0.4, -0.2) is 32.1 Å². The number of fused-ring (bicyclic) bond motifs is 1. The van der Waals surface area contributed by atoms with E-state index in [4.69, 9.17) is 5.73 Å². The molecule has 0 aliphatic heterocycles. The van der Waals surface area contributed by atoms with Gasteiger partial charge in [-0.2, -0.15) is 5.10 Å². The van der Waals surface area contributed by atoms with Crippen LogP contribution in [0.15, 0.2) is 36.8 Å². The highest BCUT2D eigenvalue weighted by Gasteiger charge is 2.16. The van der Waals surface area contributed by atoms with Gasteiger partial charge in [-0.25, -0.2) is 4.98 Å². The lowest BCUT2D eigenvalue weighted by Gasteiger charge is -2.11. The van der Waals surface area contributed by atoms with E-state index in [1.165, 1.54) is 6.33 Å². The Kier molecular flexibility index (Phi) is 3.65. The number of nitrogens with zero attached hydrogens (tertiary/aromatic N) is 2. The summed E-state index contributed by atoms with van der Waals surface area (Å²) >= 11 is 0. The van der Waals surface area contributed by atoms with Crippen LogP contribution < -0.4 is 11.1 Å². The minimum absolute atomic E-state index is 0.211. The van der Waals surface area contributed by atoms with Gasteiger partial charge in [-0.05, 0) is 18.1 Å². The minimum Gasteiger partial charge on any atom is -0.361 e. The van der Waals surface area contributed by atoms with Gasteiger partial charge in [-0.15, -0.1) is 0 Å². The van der Waals surface area contributed by atoms with Crippen molar-refractivity contribution in [3.63, 3.8) is 0 Å². The Balaban J connectivity index is 1.62. The molecule has 3 rings (SSSR count). The Bertz CT molecular complexity index is 733. The van der Waals surface area contributed by atoms with Gasteiger partial charge in [0.15, 0.2) is 0 Å². The normalized spacial score (nSPS) is 12.4. The van der Waals surface area contributed by atoms with E-state index in [1.54, 1.807) is 0 Å². The molecule has 1 aromatic carbocycles. The fraction of sp³-hybridized carbons (Fsp3) is 0.214. The van der Waals surface area contributed by atoms with Crippen LogP contribution in [-0.2, 0) is 17.8 Å². The molecule has 1 atom stereocenters. The summed E-state index contributed by atoms with van der Waals surface area (Å²) in [6.07, 6.45) is 3.77. The van der Waals surface area contributed by atoms with Gasteiger partial charge in [0.25, 0.3) is 0 Å². The fourth-order valence-corrected chi connectivity index (χ4v) is 2.25. The summed E-state index contributed by atoms with van der Waals surface area (Å²) in [7, 11) is 0. The number of H-pyrrole nitrogens is 2. The first-order chi connectivity index (χ1) is 10.2. The van der Waals surface area contributed by atoms with Gasteiger partial charge in [0, 0.05) is 17.1 Å². The van der Waals surface area contributed by atoms with Crippen LogP contribution in [0.25, 0.3) is 10.9 Å². The zero-order chi connectivity index (χ0) is 14.7. The van der Waals surface area contributed by atoms with E-state index in [0.717, 1.165) is 16.5 Å². The molecule has 7 nitrogen and oxygen atoms in total. The number of para-hydroxylation sites is 1. The molecule has 3 aromatic rings. The molecule has 7 heteroatoms. The molecular formula is C14H16N6O. The van der Waals surface area contributed by atoms with Crippen molar-refractivity contribution in [2.24, 2.45) is 5.73 Å². The van der Waals surface area contributed by atoms with Crippen molar-refractivity contribution >= 4 is 16.8 Å². The SMILES string of the molecule is N[C@H](Cc1c[nH]c2ccccc12)C(=O)NCc1ncn[nH]1. The predicted octanol–water partition coefficient (Wildman–Crippen LogP) is 0.472. The van der Waals surface area contributed by atoms with Crippen molar-refractivity contribution < 1.29 is 4.79 Å². The molecule has 0 saturated carbocycles. The van der Waals surface area contributed by atoms with E-state index in [1.807, 2.05) is 30.5 Å². The molecule has 0 fully saturated rings. The first-order valence-electron chi connectivity index (χ1n) is 6.66. The van der Waals surface area contributed by atoms with Gasteiger partial charge in [0.1, 0.15) is 12.2 Å². The Hall–Kier alpha value is -2.67. The Morgan fingerprint density at radius 3 is 3.05 bits per heavy atom. The molecule has 108 valence electrons. The maximum absolute atomic E-state index is 12.0. The maximum Gasteiger partial charge on any atom is 0.237 e. The summed E-state index contributed by atoms with van der Waals surface area (Å²) in [4.78, 5) is 19.1. The van der Waals surface area contributed by atoms with E-state index in [9.17, 15) is 4.79 Å². The molecule has 0 unspecified atom stereocenters. The highest BCUT2D eigenvalue weighted by molar-refractivity contribution is 5.86. The number of hydrogen-bond acceptors (Lipinski definition) is 4. The Morgan fingerprint density at radius 2 is 2.24 bits per heavy atom. The van der Waals surface area contributed by atoms with Crippen molar-refractivity contribution in [1.29, 1.82) is 0 Å². The van der Waals surface area contributed by atoms with E-state index in [0.29, 0.717) is 18.8 Å². The molecule has 0 spiro atoms. The van der Waals surface area contributed by atoms with Crippen LogP contribution in [0.2, 0.25) is 0 Å². The number of aromatic amines is 2. The molecule has 0 bridgehead atoms.